The number of hydrogen-bond donors (Lipinski definition) is 0. The van der Waals surface area contributed by atoms with E-state index in [1.165, 1.54) is 0 Å². The van der Waals surface area contributed by atoms with E-state index in [0.717, 1.165) is 19.3 Å². The van der Waals surface area contributed by atoms with Crippen LogP contribution in [-0.4, -0.2) is 12.3 Å². The maximum absolute atomic E-state index is 13.5. The molecular formula is C14H13F5O3. The maximum Gasteiger partial charge on any atom is 0.573 e. The Bertz CT molecular complexity index is 527. The molecule has 0 spiro atoms. The summed E-state index contributed by atoms with van der Waals surface area (Å²) >= 11 is 0. The molecule has 0 amide bonds. The molecule has 0 radical (unpaired) electrons. The van der Waals surface area contributed by atoms with Crippen molar-refractivity contribution in [3.63, 3.8) is 0 Å². The topological polar surface area (TPSA) is 35.5 Å². The van der Waals surface area contributed by atoms with E-state index in [9.17, 15) is 26.7 Å². The third-order valence-electron chi connectivity index (χ3n) is 3.35. The first-order valence-electron chi connectivity index (χ1n) is 6.73. The minimum Gasteiger partial charge on any atom is -0.426 e. The van der Waals surface area contributed by atoms with Crippen molar-refractivity contribution < 1.29 is 36.2 Å². The van der Waals surface area contributed by atoms with Crippen molar-refractivity contribution in [2.24, 2.45) is 5.92 Å². The van der Waals surface area contributed by atoms with Crippen LogP contribution in [0.2, 0.25) is 0 Å². The van der Waals surface area contributed by atoms with Crippen LogP contribution in [-0.2, 0) is 4.79 Å². The van der Waals surface area contributed by atoms with Crippen LogP contribution in [0.4, 0.5) is 22.0 Å². The highest BCUT2D eigenvalue weighted by Crippen LogP contribution is 2.32. The lowest BCUT2D eigenvalue weighted by Crippen LogP contribution is -2.23. The fourth-order valence-corrected chi connectivity index (χ4v) is 2.35. The van der Waals surface area contributed by atoms with Crippen LogP contribution in [0.25, 0.3) is 0 Å². The van der Waals surface area contributed by atoms with Crippen molar-refractivity contribution in [1.29, 1.82) is 0 Å². The van der Waals surface area contributed by atoms with Crippen molar-refractivity contribution in [3.05, 3.63) is 23.8 Å². The number of hydrogen-bond acceptors (Lipinski definition) is 3. The van der Waals surface area contributed by atoms with Gasteiger partial charge in [-0.2, -0.15) is 0 Å². The largest absolute Gasteiger partial charge is 0.573 e. The Labute approximate surface area is 123 Å². The van der Waals surface area contributed by atoms with Gasteiger partial charge in [-0.1, -0.05) is 19.3 Å². The molecule has 0 aliphatic heterocycles. The Balaban J connectivity index is 2.11. The molecule has 0 atom stereocenters. The monoisotopic (exact) mass is 324 g/mol. The van der Waals surface area contributed by atoms with Gasteiger partial charge in [0, 0.05) is 12.1 Å². The van der Waals surface area contributed by atoms with Crippen LogP contribution < -0.4 is 9.47 Å². The quantitative estimate of drug-likeness (QED) is 0.471. The van der Waals surface area contributed by atoms with Gasteiger partial charge in [-0.25, -0.2) is 8.78 Å². The second kappa shape index (κ2) is 6.50. The van der Waals surface area contributed by atoms with Gasteiger partial charge >= 0.3 is 12.3 Å². The molecule has 0 aromatic heterocycles. The van der Waals surface area contributed by atoms with E-state index in [1.54, 1.807) is 0 Å². The van der Waals surface area contributed by atoms with Crippen molar-refractivity contribution >= 4 is 5.97 Å². The molecule has 1 aliphatic rings. The zero-order valence-electron chi connectivity index (χ0n) is 11.4. The van der Waals surface area contributed by atoms with Crippen LogP contribution >= 0.6 is 0 Å². The van der Waals surface area contributed by atoms with Gasteiger partial charge in [-0.05, 0) is 12.8 Å². The first-order chi connectivity index (χ1) is 10.3. The zero-order chi connectivity index (χ0) is 16.3. The third kappa shape index (κ3) is 4.32. The lowest BCUT2D eigenvalue weighted by atomic mass is 9.89. The van der Waals surface area contributed by atoms with Crippen LogP contribution in [0, 0.1) is 17.6 Å². The van der Waals surface area contributed by atoms with Gasteiger partial charge in [-0.3, -0.25) is 4.79 Å². The minimum absolute atomic E-state index is 0.356. The van der Waals surface area contributed by atoms with E-state index in [4.69, 9.17) is 4.74 Å². The van der Waals surface area contributed by atoms with E-state index in [1.807, 2.05) is 0 Å². The number of benzene rings is 1. The third-order valence-corrected chi connectivity index (χ3v) is 3.35. The average Bonchev–Trinajstić information content (AvgIpc) is 2.43. The maximum atomic E-state index is 13.5. The van der Waals surface area contributed by atoms with Gasteiger partial charge < -0.3 is 9.47 Å². The standard InChI is InChI=1S/C14H13F5O3/c15-10-6-9(7-11(16)12(10)22-14(17,18)19)21-13(20)8-4-2-1-3-5-8/h6-8H,1-5H2. The van der Waals surface area contributed by atoms with E-state index in [2.05, 4.69) is 4.74 Å². The van der Waals surface area contributed by atoms with Crippen LogP contribution in [0.3, 0.4) is 0 Å². The Kier molecular flexibility index (Phi) is 4.87. The van der Waals surface area contributed by atoms with Gasteiger partial charge in [0.2, 0.25) is 5.75 Å². The average molecular weight is 324 g/mol. The predicted molar refractivity (Wildman–Crippen MR) is 65.3 cm³/mol. The minimum atomic E-state index is -5.22. The molecule has 122 valence electrons. The van der Waals surface area contributed by atoms with Crippen LogP contribution in [0.15, 0.2) is 12.1 Å². The van der Waals surface area contributed by atoms with Gasteiger partial charge in [-0.15, -0.1) is 13.2 Å². The summed E-state index contributed by atoms with van der Waals surface area (Å²) in [6.07, 6.45) is -1.24. The molecule has 0 unspecified atom stereocenters. The number of ether oxygens (including phenoxy) is 2. The van der Waals surface area contributed by atoms with E-state index < -0.39 is 35.5 Å². The predicted octanol–water partition coefficient (Wildman–Crippen LogP) is 4.35. The Morgan fingerprint density at radius 1 is 1.05 bits per heavy atom. The molecule has 0 heterocycles. The first-order valence-corrected chi connectivity index (χ1v) is 6.73. The number of rotatable bonds is 3. The summed E-state index contributed by atoms with van der Waals surface area (Å²) in [6, 6.07) is 0.982. The molecule has 8 heteroatoms. The summed E-state index contributed by atoms with van der Waals surface area (Å²) < 4.78 is 71.1. The van der Waals surface area contributed by atoms with Crippen molar-refractivity contribution in [2.75, 3.05) is 0 Å². The highest BCUT2D eigenvalue weighted by atomic mass is 19.4. The van der Waals surface area contributed by atoms with E-state index in [-0.39, 0.29) is 5.92 Å². The lowest BCUT2D eigenvalue weighted by molar-refractivity contribution is -0.276. The van der Waals surface area contributed by atoms with Gasteiger partial charge in [0.05, 0.1) is 5.92 Å². The van der Waals surface area contributed by atoms with Gasteiger partial charge in [0.15, 0.2) is 11.6 Å². The molecular weight excluding hydrogens is 311 g/mol. The summed E-state index contributed by atoms with van der Waals surface area (Å²) in [5.41, 5.74) is 0. The second-order valence-electron chi connectivity index (χ2n) is 5.02. The van der Waals surface area contributed by atoms with Crippen molar-refractivity contribution in [3.8, 4) is 11.5 Å². The molecule has 1 fully saturated rings. The number of carbonyl (C=O) groups excluding carboxylic acids is 1. The van der Waals surface area contributed by atoms with Crippen molar-refractivity contribution in [2.45, 2.75) is 38.5 Å². The fraction of sp³-hybridized carbons (Fsp3) is 0.500. The fourth-order valence-electron chi connectivity index (χ4n) is 2.35. The summed E-state index contributed by atoms with van der Waals surface area (Å²) in [4.78, 5) is 11.8. The van der Waals surface area contributed by atoms with Gasteiger partial charge in [0.25, 0.3) is 0 Å². The highest BCUT2D eigenvalue weighted by Gasteiger charge is 2.34. The highest BCUT2D eigenvalue weighted by molar-refractivity contribution is 5.75. The normalized spacial score (nSPS) is 16.4. The molecule has 0 saturated heterocycles. The lowest BCUT2D eigenvalue weighted by Gasteiger charge is -2.20. The zero-order valence-corrected chi connectivity index (χ0v) is 11.4. The Morgan fingerprint density at radius 3 is 2.09 bits per heavy atom. The van der Waals surface area contributed by atoms with Gasteiger partial charge in [0.1, 0.15) is 5.75 Å². The Hall–Kier alpha value is -1.86. The number of halogens is 5. The first kappa shape index (κ1) is 16.5. The van der Waals surface area contributed by atoms with E-state index >= 15 is 0 Å². The molecule has 0 N–H and O–H groups in total. The van der Waals surface area contributed by atoms with Crippen LogP contribution in [0.5, 0.6) is 11.5 Å². The number of carbonyl (C=O) groups is 1. The summed E-state index contributed by atoms with van der Waals surface area (Å²) in [5, 5.41) is 0. The molecule has 1 saturated carbocycles. The SMILES string of the molecule is O=C(Oc1cc(F)c(OC(F)(F)F)c(F)c1)C1CCCCC1. The smallest absolute Gasteiger partial charge is 0.426 e. The summed E-state index contributed by atoms with van der Waals surface area (Å²) in [7, 11) is 0. The molecule has 22 heavy (non-hydrogen) atoms. The number of alkyl halides is 3. The second-order valence-corrected chi connectivity index (χ2v) is 5.02. The molecule has 1 aromatic carbocycles. The summed E-state index contributed by atoms with van der Waals surface area (Å²) in [5.74, 6) is -6.24. The van der Waals surface area contributed by atoms with Crippen molar-refractivity contribution in [1.82, 2.24) is 0 Å². The molecule has 2 rings (SSSR count). The molecule has 1 aliphatic carbocycles. The molecule has 3 nitrogen and oxygen atoms in total. The Morgan fingerprint density at radius 2 is 1.59 bits per heavy atom. The molecule has 1 aromatic rings. The number of esters is 1. The van der Waals surface area contributed by atoms with Crippen LogP contribution in [0.1, 0.15) is 32.1 Å². The van der Waals surface area contributed by atoms with E-state index in [0.29, 0.717) is 25.0 Å². The summed E-state index contributed by atoms with van der Waals surface area (Å²) in [6.45, 7) is 0. The molecule has 0 bridgehead atoms.